The molecule has 94 valence electrons. The van der Waals surface area contributed by atoms with Gasteiger partial charge in [-0.25, -0.2) is 0 Å². The van der Waals surface area contributed by atoms with Gasteiger partial charge in [0.15, 0.2) is 5.65 Å². The molecule has 3 heterocycles. The highest BCUT2D eigenvalue weighted by Crippen LogP contribution is 2.17. The number of pyridine rings is 1. The molecule has 0 amide bonds. The zero-order chi connectivity index (χ0) is 12.4. The molecule has 0 saturated carbocycles. The average molecular weight is 245 g/mol. The molecule has 0 radical (unpaired) electrons. The van der Waals surface area contributed by atoms with E-state index in [1.165, 1.54) is 6.42 Å². The van der Waals surface area contributed by atoms with Crippen molar-refractivity contribution in [1.82, 2.24) is 14.6 Å². The maximum Gasteiger partial charge on any atom is 0.161 e. The molecule has 1 fully saturated rings. The van der Waals surface area contributed by atoms with Crippen LogP contribution >= 0.6 is 0 Å². The summed E-state index contributed by atoms with van der Waals surface area (Å²) in [6.45, 7) is 0.844. The molecule has 5 heteroatoms. The van der Waals surface area contributed by atoms with Crippen LogP contribution in [0.3, 0.4) is 0 Å². The first kappa shape index (κ1) is 11.3. The second-order valence-corrected chi connectivity index (χ2v) is 4.62. The van der Waals surface area contributed by atoms with Gasteiger partial charge in [-0.05, 0) is 31.4 Å². The molecule has 1 aliphatic heterocycles. The number of hydrogen-bond acceptors (Lipinski definition) is 4. The van der Waals surface area contributed by atoms with Gasteiger partial charge >= 0.3 is 0 Å². The van der Waals surface area contributed by atoms with Gasteiger partial charge in [0.2, 0.25) is 0 Å². The van der Waals surface area contributed by atoms with Crippen molar-refractivity contribution in [2.45, 2.75) is 31.8 Å². The highest BCUT2D eigenvalue weighted by atomic mass is 16.5. The summed E-state index contributed by atoms with van der Waals surface area (Å²) >= 11 is 0. The van der Waals surface area contributed by atoms with Crippen LogP contribution < -0.4 is 0 Å². The maximum absolute atomic E-state index is 10.7. The lowest BCUT2D eigenvalue weighted by molar-refractivity contribution is 0.0155. The van der Waals surface area contributed by atoms with Gasteiger partial charge < -0.3 is 4.74 Å². The van der Waals surface area contributed by atoms with E-state index in [4.69, 9.17) is 4.74 Å². The zero-order valence-electron chi connectivity index (χ0n) is 10.1. The average Bonchev–Trinajstić information content (AvgIpc) is 2.82. The Kier molecular flexibility index (Phi) is 3.06. The molecular formula is C13H15N3O2. The Hall–Kier alpha value is -1.75. The summed E-state index contributed by atoms with van der Waals surface area (Å²) in [5, 5.41) is 8.27. The number of rotatable bonds is 3. The molecule has 1 aliphatic rings. The Balaban J connectivity index is 1.85. The predicted octanol–water partition coefficient (Wildman–Crippen LogP) is 1.65. The number of hydrogen-bond donors (Lipinski definition) is 0. The zero-order valence-corrected chi connectivity index (χ0v) is 10.1. The number of fused-ring (bicyclic) bond motifs is 1. The molecule has 1 unspecified atom stereocenters. The minimum atomic E-state index is 0.247. The molecule has 3 rings (SSSR count). The van der Waals surface area contributed by atoms with Gasteiger partial charge in [0, 0.05) is 24.8 Å². The van der Waals surface area contributed by atoms with Gasteiger partial charge in [-0.2, -0.15) is 0 Å². The summed E-state index contributed by atoms with van der Waals surface area (Å²) in [5.41, 5.74) is 1.33. The molecule has 2 aromatic rings. The van der Waals surface area contributed by atoms with Crippen molar-refractivity contribution in [2.75, 3.05) is 6.61 Å². The molecule has 0 bridgehead atoms. The van der Waals surface area contributed by atoms with E-state index in [9.17, 15) is 4.79 Å². The number of carbonyl (C=O) groups is 1. The van der Waals surface area contributed by atoms with E-state index >= 15 is 0 Å². The minimum absolute atomic E-state index is 0.247. The molecule has 18 heavy (non-hydrogen) atoms. The highest BCUT2D eigenvalue weighted by molar-refractivity contribution is 5.76. The van der Waals surface area contributed by atoms with Crippen LogP contribution in [-0.4, -0.2) is 33.6 Å². The van der Waals surface area contributed by atoms with Gasteiger partial charge in [-0.3, -0.25) is 9.20 Å². The summed E-state index contributed by atoms with van der Waals surface area (Å²) in [5.74, 6) is 0.898. The Labute approximate surface area is 105 Å². The van der Waals surface area contributed by atoms with Crippen molar-refractivity contribution in [3.05, 3.63) is 29.7 Å². The van der Waals surface area contributed by atoms with Crippen LogP contribution in [-0.2, 0) is 11.2 Å². The van der Waals surface area contributed by atoms with Crippen molar-refractivity contribution >= 4 is 11.9 Å². The highest BCUT2D eigenvalue weighted by Gasteiger charge is 2.17. The van der Waals surface area contributed by atoms with Gasteiger partial charge in [0.25, 0.3) is 0 Å². The third-order valence-corrected chi connectivity index (χ3v) is 3.32. The predicted molar refractivity (Wildman–Crippen MR) is 65.7 cm³/mol. The molecule has 1 atom stereocenters. The van der Waals surface area contributed by atoms with Crippen molar-refractivity contribution in [3.8, 4) is 0 Å². The summed E-state index contributed by atoms with van der Waals surface area (Å²) in [4.78, 5) is 10.7. The monoisotopic (exact) mass is 245 g/mol. The first-order valence-corrected chi connectivity index (χ1v) is 6.27. The van der Waals surface area contributed by atoms with Gasteiger partial charge in [0.1, 0.15) is 12.1 Å². The third-order valence-electron chi connectivity index (χ3n) is 3.32. The maximum atomic E-state index is 10.7. The van der Waals surface area contributed by atoms with E-state index in [-0.39, 0.29) is 6.10 Å². The topological polar surface area (TPSA) is 56.5 Å². The smallest absolute Gasteiger partial charge is 0.161 e. The minimum Gasteiger partial charge on any atom is -0.378 e. The van der Waals surface area contributed by atoms with Crippen molar-refractivity contribution in [2.24, 2.45) is 0 Å². The van der Waals surface area contributed by atoms with Gasteiger partial charge in [-0.1, -0.05) is 0 Å². The standard InChI is InChI=1S/C13H15N3O2/c17-9-10-4-5-16-12(7-10)14-15-13(16)8-11-3-1-2-6-18-11/h4-5,7,9,11H,1-3,6,8H2. The Morgan fingerprint density at radius 3 is 3.17 bits per heavy atom. The summed E-state index contributed by atoms with van der Waals surface area (Å²) in [7, 11) is 0. The lowest BCUT2D eigenvalue weighted by Crippen LogP contribution is -2.22. The van der Waals surface area contributed by atoms with E-state index in [1.54, 1.807) is 12.1 Å². The first-order valence-electron chi connectivity index (χ1n) is 6.27. The fraction of sp³-hybridized carbons (Fsp3) is 0.462. The van der Waals surface area contributed by atoms with Crippen LogP contribution in [0.15, 0.2) is 18.3 Å². The van der Waals surface area contributed by atoms with E-state index in [0.29, 0.717) is 11.2 Å². The third kappa shape index (κ3) is 2.13. The molecule has 0 aliphatic carbocycles. The second-order valence-electron chi connectivity index (χ2n) is 4.62. The summed E-state index contributed by atoms with van der Waals surface area (Å²) < 4.78 is 7.63. The van der Waals surface area contributed by atoms with Crippen LogP contribution in [0, 0.1) is 0 Å². The largest absolute Gasteiger partial charge is 0.378 e. The number of ether oxygens (including phenoxy) is 1. The summed E-state index contributed by atoms with van der Waals surface area (Å²) in [6, 6.07) is 3.51. The Bertz CT molecular complexity index is 558. The molecule has 5 nitrogen and oxygen atoms in total. The Morgan fingerprint density at radius 2 is 2.39 bits per heavy atom. The molecule has 1 saturated heterocycles. The molecule has 0 spiro atoms. The number of aromatic nitrogens is 3. The van der Waals surface area contributed by atoms with Crippen LogP contribution in [0.25, 0.3) is 5.65 Å². The SMILES string of the molecule is O=Cc1ccn2c(CC3CCCCO3)nnc2c1. The lowest BCUT2D eigenvalue weighted by atomic mass is 10.1. The number of carbonyl (C=O) groups excluding carboxylic acids is 1. The Morgan fingerprint density at radius 1 is 1.44 bits per heavy atom. The van der Waals surface area contributed by atoms with Crippen LogP contribution in [0.2, 0.25) is 0 Å². The molecule has 2 aromatic heterocycles. The fourth-order valence-corrected chi connectivity index (χ4v) is 2.34. The second kappa shape index (κ2) is 4.86. The van der Waals surface area contributed by atoms with Crippen molar-refractivity contribution in [3.63, 3.8) is 0 Å². The van der Waals surface area contributed by atoms with Gasteiger partial charge in [-0.15, -0.1) is 10.2 Å². The normalized spacial score (nSPS) is 20.1. The molecule has 0 aromatic carbocycles. The van der Waals surface area contributed by atoms with Crippen LogP contribution in [0.5, 0.6) is 0 Å². The van der Waals surface area contributed by atoms with Crippen molar-refractivity contribution < 1.29 is 9.53 Å². The van der Waals surface area contributed by atoms with E-state index < -0.39 is 0 Å². The quantitative estimate of drug-likeness (QED) is 0.771. The fourth-order valence-electron chi connectivity index (χ4n) is 2.34. The summed E-state index contributed by atoms with van der Waals surface area (Å²) in [6.07, 6.45) is 7.15. The molecular weight excluding hydrogens is 230 g/mol. The number of aldehydes is 1. The van der Waals surface area contributed by atoms with Crippen molar-refractivity contribution in [1.29, 1.82) is 0 Å². The lowest BCUT2D eigenvalue weighted by Gasteiger charge is -2.21. The van der Waals surface area contributed by atoms with Crippen LogP contribution in [0.1, 0.15) is 35.4 Å². The van der Waals surface area contributed by atoms with E-state index in [0.717, 1.165) is 38.0 Å². The van der Waals surface area contributed by atoms with E-state index in [2.05, 4.69) is 10.2 Å². The number of nitrogens with zero attached hydrogens (tertiary/aromatic N) is 3. The van der Waals surface area contributed by atoms with E-state index in [1.807, 2.05) is 10.6 Å². The van der Waals surface area contributed by atoms with Gasteiger partial charge in [0.05, 0.1) is 6.10 Å². The molecule has 0 N–H and O–H groups in total. The van der Waals surface area contributed by atoms with Crippen LogP contribution in [0.4, 0.5) is 0 Å². The first-order chi connectivity index (χ1) is 8.86.